The summed E-state index contributed by atoms with van der Waals surface area (Å²) in [5.41, 5.74) is 11.4. The minimum Gasteiger partial charge on any atom is -0.338 e. The highest BCUT2D eigenvalue weighted by Gasteiger charge is 2.18. The van der Waals surface area contributed by atoms with Crippen molar-refractivity contribution in [3.05, 3.63) is 76.9 Å². The number of nitrogens with one attached hydrogen (secondary N) is 1. The van der Waals surface area contributed by atoms with E-state index in [-0.39, 0.29) is 0 Å². The highest BCUT2D eigenvalue weighted by atomic mass is 14.9. The molecule has 4 aromatic rings. The Morgan fingerprint density at radius 2 is 1.62 bits per heavy atom. The Hall–Kier alpha value is -2.87. The van der Waals surface area contributed by atoms with E-state index in [1.165, 1.54) is 33.4 Å². The normalized spacial score (nSPS) is 12.4. The first-order valence-corrected chi connectivity index (χ1v) is 8.37. The van der Waals surface area contributed by atoms with Gasteiger partial charge in [-0.15, -0.1) is 0 Å². The number of fused-ring (bicyclic) bond motifs is 4. The molecule has 2 heteroatoms. The Morgan fingerprint density at radius 3 is 2.54 bits per heavy atom. The van der Waals surface area contributed by atoms with Crippen LogP contribution in [0.3, 0.4) is 0 Å². The standard InChI is InChI=1S/C22H18N2/c1-13-9-20-21(10-14(13)2)24-22(23-20)16-7-8-19-17(12-16)11-15-5-3-4-6-18(15)19/h3-10,12H,11H2,1-2H3,(H,23,24). The maximum Gasteiger partial charge on any atom is 0.138 e. The molecule has 0 saturated carbocycles. The van der Waals surface area contributed by atoms with Crippen molar-refractivity contribution >= 4 is 11.0 Å². The van der Waals surface area contributed by atoms with Crippen LogP contribution in [0, 0.1) is 13.8 Å². The third-order valence-corrected chi connectivity index (χ3v) is 5.16. The zero-order chi connectivity index (χ0) is 16.3. The molecule has 2 nitrogen and oxygen atoms in total. The summed E-state index contributed by atoms with van der Waals surface area (Å²) in [6.07, 6.45) is 1.01. The third kappa shape index (κ3) is 1.93. The van der Waals surface area contributed by atoms with Gasteiger partial charge in [0.1, 0.15) is 5.82 Å². The van der Waals surface area contributed by atoms with Gasteiger partial charge >= 0.3 is 0 Å². The zero-order valence-electron chi connectivity index (χ0n) is 13.9. The van der Waals surface area contributed by atoms with Crippen molar-refractivity contribution in [3.63, 3.8) is 0 Å². The van der Waals surface area contributed by atoms with Gasteiger partial charge in [-0.2, -0.15) is 0 Å². The first kappa shape index (κ1) is 13.6. The van der Waals surface area contributed by atoms with Crippen LogP contribution >= 0.6 is 0 Å². The molecule has 1 aliphatic rings. The molecular weight excluding hydrogens is 292 g/mol. The second-order valence-electron chi connectivity index (χ2n) is 6.74. The molecular formula is C22H18N2. The van der Waals surface area contributed by atoms with Crippen molar-refractivity contribution in [1.29, 1.82) is 0 Å². The van der Waals surface area contributed by atoms with Gasteiger partial charge in [0.05, 0.1) is 11.0 Å². The molecule has 0 amide bonds. The van der Waals surface area contributed by atoms with Crippen molar-refractivity contribution in [1.82, 2.24) is 9.97 Å². The summed E-state index contributed by atoms with van der Waals surface area (Å²) in [5.74, 6) is 0.953. The van der Waals surface area contributed by atoms with Crippen molar-refractivity contribution in [2.75, 3.05) is 0 Å². The van der Waals surface area contributed by atoms with E-state index in [0.717, 1.165) is 28.8 Å². The number of hydrogen-bond acceptors (Lipinski definition) is 1. The van der Waals surface area contributed by atoms with E-state index in [9.17, 15) is 0 Å². The van der Waals surface area contributed by atoms with Gasteiger partial charge in [-0.3, -0.25) is 0 Å². The van der Waals surface area contributed by atoms with E-state index in [2.05, 4.69) is 73.4 Å². The number of H-pyrrole nitrogens is 1. The number of aryl methyl sites for hydroxylation is 2. The van der Waals surface area contributed by atoms with E-state index in [0.29, 0.717) is 0 Å². The van der Waals surface area contributed by atoms with Crippen LogP contribution in [0.1, 0.15) is 22.3 Å². The molecule has 116 valence electrons. The van der Waals surface area contributed by atoms with Gasteiger partial charge in [-0.25, -0.2) is 4.98 Å². The Labute approximate surface area is 141 Å². The van der Waals surface area contributed by atoms with Crippen molar-refractivity contribution in [2.24, 2.45) is 0 Å². The third-order valence-electron chi connectivity index (χ3n) is 5.16. The van der Waals surface area contributed by atoms with E-state index in [1.54, 1.807) is 0 Å². The van der Waals surface area contributed by atoms with Crippen LogP contribution in [-0.2, 0) is 6.42 Å². The maximum absolute atomic E-state index is 4.80. The molecule has 24 heavy (non-hydrogen) atoms. The van der Waals surface area contributed by atoms with Crippen molar-refractivity contribution in [3.8, 4) is 22.5 Å². The molecule has 0 fully saturated rings. The van der Waals surface area contributed by atoms with Crippen molar-refractivity contribution in [2.45, 2.75) is 20.3 Å². The SMILES string of the molecule is Cc1cc2nc(-c3ccc4c(c3)Cc3ccccc3-4)[nH]c2cc1C. The van der Waals surface area contributed by atoms with Gasteiger partial charge in [-0.05, 0) is 71.8 Å². The highest BCUT2D eigenvalue weighted by Crippen LogP contribution is 2.38. The van der Waals surface area contributed by atoms with Gasteiger partial charge in [0.25, 0.3) is 0 Å². The lowest BCUT2D eigenvalue weighted by Gasteiger charge is -2.03. The number of imidazole rings is 1. The lowest BCUT2D eigenvalue weighted by molar-refractivity contribution is 1.25. The summed E-state index contributed by atoms with van der Waals surface area (Å²) < 4.78 is 0. The van der Waals surface area contributed by atoms with Crippen molar-refractivity contribution < 1.29 is 0 Å². The van der Waals surface area contributed by atoms with Crippen LogP contribution in [0.2, 0.25) is 0 Å². The second-order valence-corrected chi connectivity index (χ2v) is 6.74. The molecule has 0 radical (unpaired) electrons. The van der Waals surface area contributed by atoms with E-state index in [1.807, 2.05) is 0 Å². The van der Waals surface area contributed by atoms with Crippen LogP contribution in [0.5, 0.6) is 0 Å². The average molecular weight is 310 g/mol. The zero-order valence-corrected chi connectivity index (χ0v) is 13.9. The molecule has 1 heterocycles. The monoisotopic (exact) mass is 310 g/mol. The summed E-state index contributed by atoms with van der Waals surface area (Å²) in [6, 6.07) is 19.7. The quantitative estimate of drug-likeness (QED) is 0.440. The van der Waals surface area contributed by atoms with Crippen LogP contribution in [0.4, 0.5) is 0 Å². The number of aromatic nitrogens is 2. The van der Waals surface area contributed by atoms with Gasteiger partial charge in [0.15, 0.2) is 0 Å². The van der Waals surface area contributed by atoms with E-state index < -0.39 is 0 Å². The van der Waals surface area contributed by atoms with Gasteiger partial charge in [0.2, 0.25) is 0 Å². The smallest absolute Gasteiger partial charge is 0.138 e. The number of hydrogen-bond donors (Lipinski definition) is 1. The number of nitrogens with zero attached hydrogens (tertiary/aromatic N) is 1. The van der Waals surface area contributed by atoms with Crippen LogP contribution < -0.4 is 0 Å². The molecule has 0 spiro atoms. The maximum atomic E-state index is 4.80. The minimum absolute atomic E-state index is 0.953. The van der Waals surface area contributed by atoms with E-state index >= 15 is 0 Å². The molecule has 1 aliphatic carbocycles. The van der Waals surface area contributed by atoms with Crippen LogP contribution in [0.25, 0.3) is 33.5 Å². The molecule has 0 unspecified atom stereocenters. The van der Waals surface area contributed by atoms with Gasteiger partial charge in [-0.1, -0.05) is 36.4 Å². The second kappa shape index (κ2) is 4.81. The Morgan fingerprint density at radius 1 is 0.833 bits per heavy atom. The summed E-state index contributed by atoms with van der Waals surface area (Å²) in [5, 5.41) is 0. The van der Waals surface area contributed by atoms with Gasteiger partial charge in [0, 0.05) is 5.56 Å². The minimum atomic E-state index is 0.953. The first-order chi connectivity index (χ1) is 11.7. The molecule has 1 N–H and O–H groups in total. The predicted octanol–water partition coefficient (Wildman–Crippen LogP) is 5.42. The lowest BCUT2D eigenvalue weighted by atomic mass is 10.0. The number of rotatable bonds is 1. The fraction of sp³-hybridized carbons (Fsp3) is 0.136. The average Bonchev–Trinajstić information content (AvgIpc) is 3.15. The molecule has 3 aromatic carbocycles. The Bertz CT molecular complexity index is 1060. The lowest BCUT2D eigenvalue weighted by Crippen LogP contribution is -1.85. The molecule has 0 aliphatic heterocycles. The molecule has 5 rings (SSSR count). The fourth-order valence-electron chi connectivity index (χ4n) is 3.70. The summed E-state index contributed by atoms with van der Waals surface area (Å²) >= 11 is 0. The highest BCUT2D eigenvalue weighted by molar-refractivity contribution is 5.83. The molecule has 0 saturated heterocycles. The summed E-state index contributed by atoms with van der Waals surface area (Å²) in [4.78, 5) is 8.29. The molecule has 1 aromatic heterocycles. The predicted molar refractivity (Wildman–Crippen MR) is 99.2 cm³/mol. The summed E-state index contributed by atoms with van der Waals surface area (Å²) in [7, 11) is 0. The van der Waals surface area contributed by atoms with E-state index in [4.69, 9.17) is 4.98 Å². The number of benzene rings is 3. The fourth-order valence-corrected chi connectivity index (χ4v) is 3.70. The van der Waals surface area contributed by atoms with Crippen LogP contribution in [0.15, 0.2) is 54.6 Å². The molecule has 0 bridgehead atoms. The Kier molecular flexibility index (Phi) is 2.72. The van der Waals surface area contributed by atoms with Crippen LogP contribution in [-0.4, -0.2) is 9.97 Å². The Balaban J connectivity index is 1.63. The first-order valence-electron chi connectivity index (χ1n) is 8.37. The topological polar surface area (TPSA) is 28.7 Å². The summed E-state index contributed by atoms with van der Waals surface area (Å²) in [6.45, 7) is 4.28. The largest absolute Gasteiger partial charge is 0.338 e. The molecule has 0 atom stereocenters. The van der Waals surface area contributed by atoms with Gasteiger partial charge < -0.3 is 4.98 Å². The number of aromatic amines is 1.